The fraction of sp³-hybridized carbons (Fsp3) is 0.417. The number of nitrogens with one attached hydrogen (secondary N) is 2. The molecular weight excluding hydrogens is 362 g/mol. The van der Waals surface area contributed by atoms with Gasteiger partial charge in [0, 0.05) is 31.1 Å². The summed E-state index contributed by atoms with van der Waals surface area (Å²) in [5.41, 5.74) is 3.04. The van der Waals surface area contributed by atoms with Gasteiger partial charge >= 0.3 is 0 Å². The molecule has 1 fully saturated rings. The highest BCUT2D eigenvalue weighted by atomic mass is 16.2. The van der Waals surface area contributed by atoms with Gasteiger partial charge < -0.3 is 10.6 Å². The Morgan fingerprint density at radius 3 is 2.31 bits per heavy atom. The van der Waals surface area contributed by atoms with Crippen molar-refractivity contribution in [3.8, 4) is 0 Å². The highest BCUT2D eigenvalue weighted by molar-refractivity contribution is 5.94. The quantitative estimate of drug-likeness (QED) is 0.722. The molecule has 29 heavy (non-hydrogen) atoms. The Hall–Kier alpha value is -2.66. The summed E-state index contributed by atoms with van der Waals surface area (Å²) in [5, 5.41) is 5.90. The number of hydrogen-bond acceptors (Lipinski definition) is 3. The van der Waals surface area contributed by atoms with Crippen molar-refractivity contribution in [2.75, 3.05) is 13.1 Å². The van der Waals surface area contributed by atoms with E-state index >= 15 is 0 Å². The topological polar surface area (TPSA) is 61.4 Å². The van der Waals surface area contributed by atoms with Gasteiger partial charge in [-0.1, -0.05) is 48.9 Å². The minimum atomic E-state index is -0.230. The molecular formula is C24H31N3O2. The van der Waals surface area contributed by atoms with Gasteiger partial charge in [0.1, 0.15) is 0 Å². The SMILES string of the molecule is CC(CC(=O)NCc1ccccc1CN1CCCCC1)NC(=O)c1ccccc1. The van der Waals surface area contributed by atoms with Crippen molar-refractivity contribution in [1.82, 2.24) is 15.5 Å². The van der Waals surface area contributed by atoms with Gasteiger partial charge in [-0.3, -0.25) is 14.5 Å². The normalized spacial score (nSPS) is 15.5. The molecule has 0 radical (unpaired) electrons. The van der Waals surface area contributed by atoms with E-state index in [0.717, 1.165) is 25.2 Å². The van der Waals surface area contributed by atoms with Gasteiger partial charge in [-0.2, -0.15) is 0 Å². The summed E-state index contributed by atoms with van der Waals surface area (Å²) >= 11 is 0. The molecule has 2 amide bonds. The number of benzene rings is 2. The average Bonchev–Trinajstić information content (AvgIpc) is 2.74. The molecule has 1 atom stereocenters. The lowest BCUT2D eigenvalue weighted by molar-refractivity contribution is -0.121. The third-order valence-electron chi connectivity index (χ3n) is 5.34. The van der Waals surface area contributed by atoms with Crippen LogP contribution in [0.15, 0.2) is 54.6 Å². The maximum Gasteiger partial charge on any atom is 0.251 e. The van der Waals surface area contributed by atoms with Crippen LogP contribution in [0.4, 0.5) is 0 Å². The molecule has 0 bridgehead atoms. The van der Waals surface area contributed by atoms with Crippen LogP contribution in [0, 0.1) is 0 Å². The van der Waals surface area contributed by atoms with Crippen LogP contribution in [0.2, 0.25) is 0 Å². The lowest BCUT2D eigenvalue weighted by Crippen LogP contribution is -2.37. The van der Waals surface area contributed by atoms with E-state index in [4.69, 9.17) is 0 Å². The predicted molar refractivity (Wildman–Crippen MR) is 115 cm³/mol. The Kier molecular flexibility index (Phi) is 7.82. The standard InChI is InChI=1S/C24H31N3O2/c1-19(26-24(29)20-10-4-2-5-11-20)16-23(28)25-17-21-12-6-7-13-22(21)18-27-14-8-3-9-15-27/h2,4-7,10-13,19H,3,8-9,14-18H2,1H3,(H,25,28)(H,26,29). The predicted octanol–water partition coefficient (Wildman–Crippen LogP) is 3.50. The Bertz CT molecular complexity index is 801. The first-order chi connectivity index (χ1) is 14.1. The summed E-state index contributed by atoms with van der Waals surface area (Å²) in [6.45, 7) is 5.61. The molecule has 1 saturated heterocycles. The number of piperidine rings is 1. The zero-order valence-corrected chi connectivity index (χ0v) is 17.2. The largest absolute Gasteiger partial charge is 0.352 e. The maximum absolute atomic E-state index is 12.4. The van der Waals surface area contributed by atoms with Crippen molar-refractivity contribution in [2.24, 2.45) is 0 Å². The van der Waals surface area contributed by atoms with Gasteiger partial charge in [0.15, 0.2) is 0 Å². The van der Waals surface area contributed by atoms with Gasteiger partial charge in [0.2, 0.25) is 5.91 Å². The van der Waals surface area contributed by atoms with Crippen LogP contribution in [-0.2, 0) is 17.9 Å². The number of nitrogens with zero attached hydrogens (tertiary/aromatic N) is 1. The first-order valence-corrected chi connectivity index (χ1v) is 10.5. The van der Waals surface area contributed by atoms with E-state index in [2.05, 4.69) is 33.7 Å². The molecule has 0 aliphatic carbocycles. The van der Waals surface area contributed by atoms with Crippen LogP contribution in [0.5, 0.6) is 0 Å². The van der Waals surface area contributed by atoms with Gasteiger partial charge in [-0.05, 0) is 56.1 Å². The highest BCUT2D eigenvalue weighted by Crippen LogP contribution is 2.16. The monoisotopic (exact) mass is 393 g/mol. The summed E-state index contributed by atoms with van der Waals surface area (Å²) in [6, 6.07) is 17.1. The van der Waals surface area contributed by atoms with Crippen LogP contribution in [0.25, 0.3) is 0 Å². The van der Waals surface area contributed by atoms with E-state index in [1.165, 1.54) is 24.8 Å². The molecule has 5 nitrogen and oxygen atoms in total. The van der Waals surface area contributed by atoms with Crippen molar-refractivity contribution in [1.29, 1.82) is 0 Å². The van der Waals surface area contributed by atoms with E-state index in [0.29, 0.717) is 12.1 Å². The molecule has 3 rings (SSSR count). The van der Waals surface area contributed by atoms with Crippen molar-refractivity contribution in [3.63, 3.8) is 0 Å². The van der Waals surface area contributed by atoms with E-state index in [-0.39, 0.29) is 24.3 Å². The second-order valence-corrected chi connectivity index (χ2v) is 7.83. The molecule has 2 aromatic rings. The molecule has 0 spiro atoms. The molecule has 1 aliphatic rings. The van der Waals surface area contributed by atoms with E-state index in [1.807, 2.05) is 31.2 Å². The Labute approximate surface area is 173 Å². The van der Waals surface area contributed by atoms with Crippen molar-refractivity contribution < 1.29 is 9.59 Å². The molecule has 2 aromatic carbocycles. The van der Waals surface area contributed by atoms with Crippen LogP contribution in [0.3, 0.4) is 0 Å². The average molecular weight is 394 g/mol. The van der Waals surface area contributed by atoms with Crippen LogP contribution in [-0.4, -0.2) is 35.8 Å². The summed E-state index contributed by atoms with van der Waals surface area (Å²) in [4.78, 5) is 27.1. The third-order valence-corrected chi connectivity index (χ3v) is 5.34. The molecule has 5 heteroatoms. The van der Waals surface area contributed by atoms with Crippen molar-refractivity contribution in [3.05, 3.63) is 71.3 Å². The fourth-order valence-corrected chi connectivity index (χ4v) is 3.73. The molecule has 0 saturated carbocycles. The fourth-order valence-electron chi connectivity index (χ4n) is 3.73. The van der Waals surface area contributed by atoms with Crippen LogP contribution < -0.4 is 10.6 Å². The van der Waals surface area contributed by atoms with Gasteiger partial charge in [-0.25, -0.2) is 0 Å². The first-order valence-electron chi connectivity index (χ1n) is 10.5. The number of carbonyl (C=O) groups is 2. The zero-order chi connectivity index (χ0) is 20.5. The van der Waals surface area contributed by atoms with Crippen molar-refractivity contribution >= 4 is 11.8 Å². The molecule has 1 heterocycles. The molecule has 154 valence electrons. The maximum atomic E-state index is 12.4. The Morgan fingerprint density at radius 2 is 1.59 bits per heavy atom. The van der Waals surface area contributed by atoms with E-state index in [1.54, 1.807) is 12.1 Å². The number of hydrogen-bond donors (Lipinski definition) is 2. The number of carbonyl (C=O) groups excluding carboxylic acids is 2. The zero-order valence-electron chi connectivity index (χ0n) is 17.2. The second-order valence-electron chi connectivity index (χ2n) is 7.83. The number of amides is 2. The molecule has 1 aliphatic heterocycles. The van der Waals surface area contributed by atoms with Gasteiger partial charge in [-0.15, -0.1) is 0 Å². The molecule has 0 aromatic heterocycles. The summed E-state index contributed by atoms with van der Waals surface area (Å²) in [5.74, 6) is -0.212. The Morgan fingerprint density at radius 1 is 0.931 bits per heavy atom. The summed E-state index contributed by atoms with van der Waals surface area (Å²) in [7, 11) is 0. The number of rotatable bonds is 8. The minimum Gasteiger partial charge on any atom is -0.352 e. The minimum absolute atomic E-state index is 0.0568. The van der Waals surface area contributed by atoms with Gasteiger partial charge in [0.25, 0.3) is 5.91 Å². The molecule has 2 N–H and O–H groups in total. The third kappa shape index (κ3) is 6.71. The lowest BCUT2D eigenvalue weighted by Gasteiger charge is -2.27. The van der Waals surface area contributed by atoms with Crippen LogP contribution in [0.1, 0.15) is 54.1 Å². The first kappa shape index (κ1) is 21.1. The highest BCUT2D eigenvalue weighted by Gasteiger charge is 2.15. The lowest BCUT2D eigenvalue weighted by atomic mass is 10.0. The smallest absolute Gasteiger partial charge is 0.251 e. The summed E-state index contributed by atoms with van der Waals surface area (Å²) < 4.78 is 0. The van der Waals surface area contributed by atoms with Crippen LogP contribution >= 0.6 is 0 Å². The van der Waals surface area contributed by atoms with Gasteiger partial charge in [0.05, 0.1) is 0 Å². The molecule has 1 unspecified atom stereocenters. The second kappa shape index (κ2) is 10.8. The Balaban J connectivity index is 1.47. The number of likely N-dealkylation sites (tertiary alicyclic amines) is 1. The summed E-state index contributed by atoms with van der Waals surface area (Å²) in [6.07, 6.45) is 4.12. The van der Waals surface area contributed by atoms with Crippen molar-refractivity contribution in [2.45, 2.75) is 51.7 Å². The van der Waals surface area contributed by atoms with E-state index in [9.17, 15) is 9.59 Å². The van der Waals surface area contributed by atoms with E-state index < -0.39 is 0 Å².